The molecule has 0 aliphatic rings. The number of ether oxygens (including phenoxy) is 2. The second kappa shape index (κ2) is 11.0. The Morgan fingerprint density at radius 3 is 2.78 bits per heavy atom. The maximum atomic E-state index is 13.1. The number of rotatable bonds is 8. The van der Waals surface area contributed by atoms with Crippen LogP contribution in [-0.2, 0) is 16.0 Å². The van der Waals surface area contributed by atoms with Gasteiger partial charge in [0, 0.05) is 10.9 Å². The van der Waals surface area contributed by atoms with Crippen LogP contribution < -0.4 is 10.3 Å². The van der Waals surface area contributed by atoms with Crippen LogP contribution in [0.1, 0.15) is 38.1 Å². The van der Waals surface area contributed by atoms with Crippen LogP contribution >= 0.6 is 38.5 Å². The lowest BCUT2D eigenvalue weighted by molar-refractivity contribution is -0.147. The van der Waals surface area contributed by atoms with Crippen LogP contribution in [0.2, 0.25) is 0 Å². The molecule has 0 saturated carbocycles. The van der Waals surface area contributed by atoms with Crippen molar-refractivity contribution in [2.45, 2.75) is 39.2 Å². The minimum absolute atomic E-state index is 0.208. The van der Waals surface area contributed by atoms with E-state index in [4.69, 9.17) is 9.47 Å². The highest BCUT2D eigenvalue weighted by Crippen LogP contribution is 2.23. The molecule has 0 bridgehead atoms. The molecular formula is C23H23BrIN3O4. The molecule has 0 aliphatic heterocycles. The summed E-state index contributed by atoms with van der Waals surface area (Å²) in [5.41, 5.74) is 1.24. The molecule has 32 heavy (non-hydrogen) atoms. The number of carbonyl (C=O) groups excluding carboxylic acids is 1. The molecule has 1 aromatic heterocycles. The highest BCUT2D eigenvalue weighted by Gasteiger charge is 2.16. The summed E-state index contributed by atoms with van der Waals surface area (Å²) in [6.07, 6.45) is 3.47. The second-order valence-electron chi connectivity index (χ2n) is 7.13. The molecule has 9 heteroatoms. The maximum absolute atomic E-state index is 13.1. The zero-order valence-corrected chi connectivity index (χ0v) is 21.7. The smallest absolute Gasteiger partial charge is 0.346 e. The standard InChI is InChI=1S/C23H23BrIN3O4/c1-4-5-6-21-27-19-9-8-16(24)12-17(19)22(29)28(21)26-13-15-7-10-20(18(25)11-15)32-14(2)23(30)31-3/h7-14H,4-6H2,1-3H3/t14-/m0/s1. The number of aromatic nitrogens is 2. The fourth-order valence-corrected chi connectivity index (χ4v) is 4.06. The van der Waals surface area contributed by atoms with E-state index in [0.29, 0.717) is 28.9 Å². The largest absolute Gasteiger partial charge is 0.478 e. The molecule has 1 atom stereocenters. The number of halogens is 2. The lowest BCUT2D eigenvalue weighted by Crippen LogP contribution is -2.25. The predicted octanol–water partition coefficient (Wildman–Crippen LogP) is 4.93. The van der Waals surface area contributed by atoms with Crippen LogP contribution in [0.15, 0.2) is 50.8 Å². The summed E-state index contributed by atoms with van der Waals surface area (Å²) in [6, 6.07) is 10.9. The van der Waals surface area contributed by atoms with E-state index in [-0.39, 0.29) is 5.56 Å². The van der Waals surface area contributed by atoms with Gasteiger partial charge in [0.1, 0.15) is 11.6 Å². The van der Waals surface area contributed by atoms with Gasteiger partial charge in [-0.05, 0) is 77.9 Å². The Bertz CT molecular complexity index is 1230. The molecule has 3 rings (SSSR count). The second-order valence-corrected chi connectivity index (χ2v) is 9.21. The van der Waals surface area contributed by atoms with E-state index < -0.39 is 12.1 Å². The van der Waals surface area contributed by atoms with E-state index in [0.717, 1.165) is 26.4 Å². The van der Waals surface area contributed by atoms with Crippen molar-refractivity contribution >= 4 is 61.6 Å². The third kappa shape index (κ3) is 5.74. The third-order valence-corrected chi connectivity index (χ3v) is 6.08. The topological polar surface area (TPSA) is 82.8 Å². The molecule has 0 N–H and O–H groups in total. The van der Waals surface area contributed by atoms with Gasteiger partial charge in [0.15, 0.2) is 6.10 Å². The molecule has 0 amide bonds. The summed E-state index contributed by atoms with van der Waals surface area (Å²) in [7, 11) is 1.32. The Balaban J connectivity index is 1.95. The number of esters is 1. The van der Waals surface area contributed by atoms with Crippen molar-refractivity contribution in [2.24, 2.45) is 5.10 Å². The van der Waals surface area contributed by atoms with Crippen LogP contribution in [-0.4, -0.2) is 35.1 Å². The molecule has 0 radical (unpaired) electrons. The molecule has 1 heterocycles. The number of aryl methyl sites for hydroxylation is 1. The zero-order valence-electron chi connectivity index (χ0n) is 18.0. The van der Waals surface area contributed by atoms with Gasteiger partial charge in [-0.2, -0.15) is 9.78 Å². The van der Waals surface area contributed by atoms with Crippen molar-refractivity contribution in [1.82, 2.24) is 9.66 Å². The van der Waals surface area contributed by atoms with E-state index in [2.05, 4.69) is 55.5 Å². The molecule has 7 nitrogen and oxygen atoms in total. The van der Waals surface area contributed by atoms with E-state index >= 15 is 0 Å². The van der Waals surface area contributed by atoms with Gasteiger partial charge in [0.2, 0.25) is 0 Å². The molecule has 0 fully saturated rings. The van der Waals surface area contributed by atoms with Crippen molar-refractivity contribution in [2.75, 3.05) is 7.11 Å². The van der Waals surface area contributed by atoms with Crippen molar-refractivity contribution in [3.05, 3.63) is 66.2 Å². The maximum Gasteiger partial charge on any atom is 0.346 e. The summed E-state index contributed by atoms with van der Waals surface area (Å²) >= 11 is 5.55. The molecule has 0 unspecified atom stereocenters. The summed E-state index contributed by atoms with van der Waals surface area (Å²) in [4.78, 5) is 29.4. The highest BCUT2D eigenvalue weighted by molar-refractivity contribution is 14.1. The van der Waals surface area contributed by atoms with Crippen LogP contribution in [0.4, 0.5) is 0 Å². The Labute approximate surface area is 208 Å². The fraction of sp³-hybridized carbons (Fsp3) is 0.304. The number of benzene rings is 2. The first kappa shape index (κ1) is 24.4. The summed E-state index contributed by atoms with van der Waals surface area (Å²) in [5.74, 6) is 0.754. The summed E-state index contributed by atoms with van der Waals surface area (Å²) in [5, 5.41) is 4.97. The lowest BCUT2D eigenvalue weighted by atomic mass is 10.2. The quantitative estimate of drug-likeness (QED) is 0.205. The Morgan fingerprint density at radius 1 is 1.31 bits per heavy atom. The van der Waals surface area contributed by atoms with Crippen molar-refractivity contribution in [3.8, 4) is 5.75 Å². The van der Waals surface area contributed by atoms with E-state index in [1.165, 1.54) is 11.8 Å². The van der Waals surface area contributed by atoms with Gasteiger partial charge in [-0.15, -0.1) is 0 Å². The average molecular weight is 612 g/mol. The Kier molecular flexibility index (Phi) is 8.41. The van der Waals surface area contributed by atoms with Gasteiger partial charge in [0.05, 0.1) is 27.8 Å². The van der Waals surface area contributed by atoms with Crippen LogP contribution in [0, 0.1) is 3.57 Å². The Morgan fingerprint density at radius 2 is 2.09 bits per heavy atom. The number of unbranched alkanes of at least 4 members (excludes halogenated alkanes) is 1. The van der Waals surface area contributed by atoms with Gasteiger partial charge in [-0.3, -0.25) is 4.79 Å². The fourth-order valence-electron chi connectivity index (χ4n) is 3.03. The normalized spacial score (nSPS) is 12.3. The highest BCUT2D eigenvalue weighted by atomic mass is 127. The number of hydrogen-bond acceptors (Lipinski definition) is 6. The number of methoxy groups -OCH3 is 1. The van der Waals surface area contributed by atoms with Gasteiger partial charge >= 0.3 is 5.97 Å². The first-order valence-electron chi connectivity index (χ1n) is 10.1. The van der Waals surface area contributed by atoms with Crippen molar-refractivity contribution in [3.63, 3.8) is 0 Å². The van der Waals surface area contributed by atoms with Gasteiger partial charge in [-0.25, -0.2) is 9.78 Å². The first-order valence-corrected chi connectivity index (χ1v) is 12.0. The average Bonchev–Trinajstić information content (AvgIpc) is 2.78. The summed E-state index contributed by atoms with van der Waals surface area (Å²) < 4.78 is 13.4. The molecule has 0 saturated heterocycles. The Hall–Kier alpha value is -2.27. The van der Waals surface area contributed by atoms with Gasteiger partial charge in [0.25, 0.3) is 5.56 Å². The van der Waals surface area contributed by atoms with E-state index in [9.17, 15) is 9.59 Å². The predicted molar refractivity (Wildman–Crippen MR) is 137 cm³/mol. The SMILES string of the molecule is CCCCc1nc2ccc(Br)cc2c(=O)n1N=Cc1ccc(O[C@@H](C)C(=O)OC)c(I)c1. The number of hydrogen-bond donors (Lipinski definition) is 0. The first-order chi connectivity index (χ1) is 15.3. The van der Waals surface area contributed by atoms with Crippen molar-refractivity contribution in [1.29, 1.82) is 0 Å². The minimum Gasteiger partial charge on any atom is -0.478 e. The molecule has 2 aromatic carbocycles. The molecular weight excluding hydrogens is 589 g/mol. The monoisotopic (exact) mass is 611 g/mol. The number of carbonyl (C=O) groups is 1. The van der Waals surface area contributed by atoms with Gasteiger partial charge < -0.3 is 9.47 Å². The molecule has 0 aliphatic carbocycles. The lowest BCUT2D eigenvalue weighted by Gasteiger charge is -2.14. The van der Waals surface area contributed by atoms with E-state index in [1.807, 2.05) is 24.3 Å². The number of nitrogens with zero attached hydrogens (tertiary/aromatic N) is 3. The molecule has 0 spiro atoms. The third-order valence-electron chi connectivity index (χ3n) is 4.74. The van der Waals surface area contributed by atoms with Crippen LogP contribution in [0.3, 0.4) is 0 Å². The summed E-state index contributed by atoms with van der Waals surface area (Å²) in [6.45, 7) is 3.73. The zero-order chi connectivity index (χ0) is 23.3. The minimum atomic E-state index is -0.712. The van der Waals surface area contributed by atoms with Crippen molar-refractivity contribution < 1.29 is 14.3 Å². The van der Waals surface area contributed by atoms with Gasteiger partial charge in [-0.1, -0.05) is 29.3 Å². The van der Waals surface area contributed by atoms with Crippen LogP contribution in [0.5, 0.6) is 5.75 Å². The number of fused-ring (bicyclic) bond motifs is 1. The molecule has 168 valence electrons. The van der Waals surface area contributed by atoms with Crippen LogP contribution in [0.25, 0.3) is 10.9 Å². The van der Waals surface area contributed by atoms with E-state index in [1.54, 1.807) is 25.3 Å². The molecule has 3 aromatic rings.